The lowest BCUT2D eigenvalue weighted by Gasteiger charge is -2.35. The Morgan fingerprint density at radius 3 is 2.37 bits per heavy atom. The van der Waals surface area contributed by atoms with Gasteiger partial charge < -0.3 is 14.6 Å². The van der Waals surface area contributed by atoms with Crippen molar-refractivity contribution in [1.29, 1.82) is 0 Å². The quantitative estimate of drug-likeness (QED) is 0.817. The molecule has 0 spiro atoms. The highest BCUT2D eigenvalue weighted by Crippen LogP contribution is 2.22. The normalized spacial score (nSPS) is 18.4. The van der Waals surface area contributed by atoms with Crippen LogP contribution in [0.2, 0.25) is 0 Å². The smallest absolute Gasteiger partial charge is 0.270 e. The number of hydrogen-bond acceptors (Lipinski definition) is 3. The third kappa shape index (κ3) is 2.87. The molecule has 5 nitrogen and oxygen atoms in total. The van der Waals surface area contributed by atoms with E-state index >= 15 is 0 Å². The molecular weight excluding hydrogens is 244 g/mol. The van der Waals surface area contributed by atoms with Crippen molar-refractivity contribution in [1.82, 2.24) is 9.47 Å². The van der Waals surface area contributed by atoms with Crippen molar-refractivity contribution < 1.29 is 14.7 Å². The molecule has 0 aromatic carbocycles. The Morgan fingerprint density at radius 1 is 1.32 bits per heavy atom. The van der Waals surface area contributed by atoms with Crippen molar-refractivity contribution in [3.8, 4) is 0 Å². The fourth-order valence-corrected chi connectivity index (χ4v) is 2.32. The molecule has 1 saturated heterocycles. The lowest BCUT2D eigenvalue weighted by atomic mass is 9.94. The Hall–Kier alpha value is -1.62. The number of rotatable bonds is 2. The number of nitrogens with zero attached hydrogens (tertiary/aromatic N) is 2. The predicted octanol–water partition coefficient (Wildman–Crippen LogP) is 1.21. The monoisotopic (exact) mass is 264 g/mol. The summed E-state index contributed by atoms with van der Waals surface area (Å²) in [6.45, 7) is 4.38. The number of aryl methyl sites for hydroxylation is 1. The van der Waals surface area contributed by atoms with E-state index in [0.29, 0.717) is 37.2 Å². The summed E-state index contributed by atoms with van der Waals surface area (Å²) < 4.78 is 1.69. The number of aliphatic hydroxyl groups is 1. The van der Waals surface area contributed by atoms with Gasteiger partial charge in [-0.25, -0.2) is 0 Å². The summed E-state index contributed by atoms with van der Waals surface area (Å²) in [6.07, 6.45) is 2.85. The number of ketones is 1. The molecule has 0 bridgehead atoms. The van der Waals surface area contributed by atoms with E-state index in [0.717, 1.165) is 0 Å². The minimum absolute atomic E-state index is 0.0452. The lowest BCUT2D eigenvalue weighted by molar-refractivity contribution is -0.00228. The van der Waals surface area contributed by atoms with Gasteiger partial charge in [0.15, 0.2) is 5.78 Å². The number of aromatic nitrogens is 1. The second-order valence-corrected chi connectivity index (χ2v) is 5.57. The highest BCUT2D eigenvalue weighted by Gasteiger charge is 2.30. The minimum atomic E-state index is -0.671. The van der Waals surface area contributed by atoms with E-state index in [1.807, 2.05) is 0 Å². The molecule has 0 saturated carbocycles. The van der Waals surface area contributed by atoms with Gasteiger partial charge >= 0.3 is 0 Å². The van der Waals surface area contributed by atoms with Gasteiger partial charge in [0, 0.05) is 31.9 Å². The van der Waals surface area contributed by atoms with Crippen LogP contribution in [0.5, 0.6) is 0 Å². The van der Waals surface area contributed by atoms with E-state index in [9.17, 15) is 14.7 Å². The van der Waals surface area contributed by atoms with Crippen LogP contribution in [0.4, 0.5) is 0 Å². The van der Waals surface area contributed by atoms with E-state index in [1.54, 1.807) is 35.7 Å². The molecule has 5 heteroatoms. The third-order valence-corrected chi connectivity index (χ3v) is 3.76. The van der Waals surface area contributed by atoms with Gasteiger partial charge in [0.2, 0.25) is 0 Å². The van der Waals surface area contributed by atoms with Gasteiger partial charge in [-0.15, -0.1) is 0 Å². The molecule has 1 aliphatic heterocycles. The van der Waals surface area contributed by atoms with Crippen molar-refractivity contribution in [2.45, 2.75) is 32.3 Å². The van der Waals surface area contributed by atoms with Crippen LogP contribution in [0.25, 0.3) is 0 Å². The van der Waals surface area contributed by atoms with Crippen molar-refractivity contribution in [3.63, 3.8) is 0 Å². The number of hydrogen-bond donors (Lipinski definition) is 1. The van der Waals surface area contributed by atoms with Gasteiger partial charge in [0.05, 0.1) is 5.60 Å². The average Bonchev–Trinajstić information content (AvgIpc) is 2.70. The SMILES string of the molecule is CC(=O)c1cc(C(=O)N2CCC(C)(O)CC2)n(C)c1. The van der Waals surface area contributed by atoms with Crippen LogP contribution >= 0.6 is 0 Å². The number of likely N-dealkylation sites (tertiary alicyclic amines) is 1. The van der Waals surface area contributed by atoms with Crippen molar-refractivity contribution >= 4 is 11.7 Å². The Morgan fingerprint density at radius 2 is 1.89 bits per heavy atom. The van der Waals surface area contributed by atoms with Gasteiger partial charge in [-0.2, -0.15) is 0 Å². The van der Waals surface area contributed by atoms with Crippen molar-refractivity contribution in [3.05, 3.63) is 23.5 Å². The minimum Gasteiger partial charge on any atom is -0.390 e. The summed E-state index contributed by atoms with van der Waals surface area (Å²) in [4.78, 5) is 25.4. The molecule has 1 aromatic rings. The summed E-state index contributed by atoms with van der Waals surface area (Å²) >= 11 is 0. The molecule has 0 radical (unpaired) electrons. The standard InChI is InChI=1S/C14H20N2O3/c1-10(17)11-8-12(15(3)9-11)13(18)16-6-4-14(2,19)5-7-16/h8-9,19H,4-7H2,1-3H3. The van der Waals surface area contributed by atoms with Crippen molar-refractivity contribution in [2.24, 2.45) is 7.05 Å². The summed E-state index contributed by atoms with van der Waals surface area (Å²) in [5, 5.41) is 9.89. The fourth-order valence-electron chi connectivity index (χ4n) is 2.32. The highest BCUT2D eigenvalue weighted by molar-refractivity contribution is 5.99. The zero-order chi connectivity index (χ0) is 14.2. The zero-order valence-electron chi connectivity index (χ0n) is 11.6. The first-order chi connectivity index (χ1) is 8.80. The lowest BCUT2D eigenvalue weighted by Crippen LogP contribution is -2.45. The Kier molecular flexibility index (Phi) is 3.49. The van der Waals surface area contributed by atoms with Crippen LogP contribution in [-0.2, 0) is 7.05 Å². The summed E-state index contributed by atoms with van der Waals surface area (Å²) in [5.74, 6) is -0.123. The topological polar surface area (TPSA) is 62.5 Å². The molecule has 0 unspecified atom stereocenters. The molecule has 1 aromatic heterocycles. The predicted molar refractivity (Wildman–Crippen MR) is 71.2 cm³/mol. The van der Waals surface area contributed by atoms with Gasteiger partial charge in [0.1, 0.15) is 5.69 Å². The van der Waals surface area contributed by atoms with Crippen LogP contribution < -0.4 is 0 Å². The van der Waals surface area contributed by atoms with Gasteiger partial charge in [0.25, 0.3) is 5.91 Å². The first kappa shape index (κ1) is 13.8. The van der Waals surface area contributed by atoms with Crippen molar-refractivity contribution in [2.75, 3.05) is 13.1 Å². The van der Waals surface area contributed by atoms with Gasteiger partial charge in [-0.05, 0) is 32.8 Å². The molecule has 1 fully saturated rings. The number of Topliss-reactive ketones (excluding diaryl/α,β-unsaturated/α-hetero) is 1. The Bertz CT molecular complexity index is 507. The third-order valence-electron chi connectivity index (χ3n) is 3.76. The first-order valence-corrected chi connectivity index (χ1v) is 6.49. The second kappa shape index (κ2) is 4.81. The summed E-state index contributed by atoms with van der Waals surface area (Å²) in [6, 6.07) is 1.64. The zero-order valence-corrected chi connectivity index (χ0v) is 11.6. The van der Waals surface area contributed by atoms with Crippen LogP contribution in [-0.4, -0.2) is 45.0 Å². The summed E-state index contributed by atoms with van der Waals surface area (Å²) in [5.41, 5.74) is 0.400. The van der Waals surface area contributed by atoms with E-state index < -0.39 is 5.60 Å². The Balaban J connectivity index is 2.14. The average molecular weight is 264 g/mol. The highest BCUT2D eigenvalue weighted by atomic mass is 16.3. The molecule has 2 rings (SSSR count). The number of carbonyl (C=O) groups is 2. The van der Waals surface area contributed by atoms with Gasteiger partial charge in [-0.3, -0.25) is 9.59 Å². The van der Waals surface area contributed by atoms with E-state index in [4.69, 9.17) is 0 Å². The molecule has 19 heavy (non-hydrogen) atoms. The molecule has 1 aliphatic rings. The molecule has 104 valence electrons. The fraction of sp³-hybridized carbons (Fsp3) is 0.571. The number of amides is 1. The number of piperidine rings is 1. The van der Waals surface area contributed by atoms with Crippen LogP contribution in [0.15, 0.2) is 12.3 Å². The van der Waals surface area contributed by atoms with Gasteiger partial charge in [-0.1, -0.05) is 0 Å². The molecule has 2 heterocycles. The Labute approximate surface area is 112 Å². The molecule has 0 atom stereocenters. The van der Waals surface area contributed by atoms with E-state index in [-0.39, 0.29) is 11.7 Å². The molecular formula is C14H20N2O3. The maximum absolute atomic E-state index is 12.4. The van der Waals surface area contributed by atoms with E-state index in [2.05, 4.69) is 0 Å². The maximum atomic E-state index is 12.4. The number of carbonyl (C=O) groups excluding carboxylic acids is 2. The largest absolute Gasteiger partial charge is 0.390 e. The van der Waals surface area contributed by atoms with Crippen LogP contribution in [0.3, 0.4) is 0 Å². The van der Waals surface area contributed by atoms with Crippen LogP contribution in [0.1, 0.15) is 47.5 Å². The molecule has 1 N–H and O–H groups in total. The first-order valence-electron chi connectivity index (χ1n) is 6.49. The second-order valence-electron chi connectivity index (χ2n) is 5.57. The van der Waals surface area contributed by atoms with Crippen LogP contribution in [0, 0.1) is 0 Å². The summed E-state index contributed by atoms with van der Waals surface area (Å²) in [7, 11) is 1.76. The molecule has 0 aliphatic carbocycles. The maximum Gasteiger partial charge on any atom is 0.270 e. The van der Waals surface area contributed by atoms with E-state index in [1.165, 1.54) is 6.92 Å². The molecule has 1 amide bonds.